The zero-order valence-corrected chi connectivity index (χ0v) is 11.6. The number of benzene rings is 1. The molecule has 6 heteroatoms. The predicted molar refractivity (Wildman–Crippen MR) is 76.8 cm³/mol. The van der Waals surface area contributed by atoms with E-state index in [0.717, 1.165) is 0 Å². The van der Waals surface area contributed by atoms with Gasteiger partial charge in [-0.2, -0.15) is 0 Å². The predicted octanol–water partition coefficient (Wildman–Crippen LogP) is 1.79. The Balaban J connectivity index is 2.00. The number of ether oxygens (including phenoxy) is 1. The third kappa shape index (κ3) is 4.10. The van der Waals surface area contributed by atoms with Gasteiger partial charge in [0.1, 0.15) is 12.3 Å². The molecule has 0 saturated carbocycles. The van der Waals surface area contributed by atoms with Gasteiger partial charge in [0.15, 0.2) is 0 Å². The van der Waals surface area contributed by atoms with Crippen LogP contribution in [0.25, 0.3) is 0 Å². The number of furan rings is 1. The molecule has 0 aliphatic carbocycles. The molecule has 0 fully saturated rings. The van der Waals surface area contributed by atoms with Crippen molar-refractivity contribution in [1.82, 2.24) is 5.32 Å². The summed E-state index contributed by atoms with van der Waals surface area (Å²) >= 11 is 0. The molecule has 0 radical (unpaired) electrons. The van der Waals surface area contributed by atoms with Crippen molar-refractivity contribution in [2.24, 2.45) is 0 Å². The summed E-state index contributed by atoms with van der Waals surface area (Å²) in [5.74, 6) is 0.0171. The molecule has 1 heterocycles. The number of amides is 1. The van der Waals surface area contributed by atoms with Crippen LogP contribution in [0.1, 0.15) is 16.1 Å². The lowest BCUT2D eigenvalue weighted by atomic mass is 10.1. The molecule has 0 aliphatic rings. The first kappa shape index (κ1) is 14.6. The van der Waals surface area contributed by atoms with Gasteiger partial charge >= 0.3 is 5.97 Å². The first-order valence-electron chi connectivity index (χ1n) is 6.41. The first-order valence-corrected chi connectivity index (χ1v) is 6.41. The molecule has 2 aromatic rings. The van der Waals surface area contributed by atoms with Crippen molar-refractivity contribution >= 4 is 17.6 Å². The van der Waals surface area contributed by atoms with Crippen molar-refractivity contribution in [2.75, 3.05) is 19.0 Å². The van der Waals surface area contributed by atoms with E-state index in [4.69, 9.17) is 4.42 Å². The SMILES string of the molecule is COC(=O)CNc1ccccc1C(=O)NCc1ccco1. The highest BCUT2D eigenvalue weighted by Gasteiger charge is 2.12. The molecule has 1 aromatic carbocycles. The number of hydrogen-bond acceptors (Lipinski definition) is 5. The molecule has 0 bridgehead atoms. The molecule has 0 spiro atoms. The number of hydrogen-bond donors (Lipinski definition) is 2. The number of anilines is 1. The highest BCUT2D eigenvalue weighted by atomic mass is 16.5. The quantitative estimate of drug-likeness (QED) is 0.792. The van der Waals surface area contributed by atoms with Crippen molar-refractivity contribution in [3.63, 3.8) is 0 Å². The lowest BCUT2D eigenvalue weighted by Crippen LogP contribution is -2.24. The molecule has 6 nitrogen and oxygen atoms in total. The Bertz CT molecular complexity index is 608. The maximum Gasteiger partial charge on any atom is 0.325 e. The number of esters is 1. The normalized spacial score (nSPS) is 9.95. The smallest absolute Gasteiger partial charge is 0.325 e. The van der Waals surface area contributed by atoms with Crippen LogP contribution in [0, 0.1) is 0 Å². The van der Waals surface area contributed by atoms with E-state index in [1.54, 1.807) is 42.7 Å². The molecule has 2 N–H and O–H groups in total. The average Bonchev–Trinajstić information content (AvgIpc) is 3.04. The van der Waals surface area contributed by atoms with E-state index in [1.165, 1.54) is 7.11 Å². The van der Waals surface area contributed by atoms with Gasteiger partial charge in [-0.1, -0.05) is 12.1 Å². The number of carbonyl (C=O) groups excluding carboxylic acids is 2. The Morgan fingerprint density at radius 2 is 2.00 bits per heavy atom. The van der Waals surface area contributed by atoms with Gasteiger partial charge < -0.3 is 19.8 Å². The van der Waals surface area contributed by atoms with Crippen molar-refractivity contribution in [3.8, 4) is 0 Å². The maximum absolute atomic E-state index is 12.2. The summed E-state index contributed by atoms with van der Waals surface area (Å²) in [5, 5.41) is 5.63. The van der Waals surface area contributed by atoms with Crippen LogP contribution in [0.15, 0.2) is 47.1 Å². The zero-order valence-electron chi connectivity index (χ0n) is 11.6. The van der Waals surface area contributed by atoms with Crippen LogP contribution in [0.5, 0.6) is 0 Å². The van der Waals surface area contributed by atoms with E-state index >= 15 is 0 Å². The summed E-state index contributed by atoms with van der Waals surface area (Å²) < 4.78 is 9.71. The highest BCUT2D eigenvalue weighted by Crippen LogP contribution is 2.15. The summed E-state index contributed by atoms with van der Waals surface area (Å²) in [4.78, 5) is 23.3. The second-order valence-electron chi connectivity index (χ2n) is 4.24. The van der Waals surface area contributed by atoms with Crippen LogP contribution in [0.3, 0.4) is 0 Å². The fourth-order valence-electron chi connectivity index (χ4n) is 1.75. The Morgan fingerprint density at radius 3 is 2.71 bits per heavy atom. The van der Waals surface area contributed by atoms with E-state index in [2.05, 4.69) is 15.4 Å². The summed E-state index contributed by atoms with van der Waals surface area (Å²) in [6, 6.07) is 10.5. The van der Waals surface area contributed by atoms with Crippen molar-refractivity contribution in [2.45, 2.75) is 6.54 Å². The van der Waals surface area contributed by atoms with Crippen molar-refractivity contribution in [3.05, 3.63) is 54.0 Å². The molecular weight excluding hydrogens is 272 g/mol. The van der Waals surface area contributed by atoms with Gasteiger partial charge in [-0.25, -0.2) is 0 Å². The van der Waals surface area contributed by atoms with Gasteiger partial charge in [-0.3, -0.25) is 9.59 Å². The summed E-state index contributed by atoms with van der Waals surface area (Å²) in [7, 11) is 1.31. The number of methoxy groups -OCH3 is 1. The van der Waals surface area contributed by atoms with Gasteiger partial charge in [0.05, 0.1) is 25.5 Å². The Labute approximate surface area is 122 Å². The molecule has 2 rings (SSSR count). The minimum Gasteiger partial charge on any atom is -0.468 e. The van der Waals surface area contributed by atoms with Crippen LogP contribution < -0.4 is 10.6 Å². The van der Waals surface area contributed by atoms with E-state index in [0.29, 0.717) is 23.6 Å². The molecule has 0 saturated heterocycles. The number of nitrogens with one attached hydrogen (secondary N) is 2. The summed E-state index contributed by atoms with van der Waals surface area (Å²) in [6.45, 7) is 0.302. The molecule has 110 valence electrons. The molecule has 0 atom stereocenters. The molecule has 21 heavy (non-hydrogen) atoms. The third-order valence-electron chi connectivity index (χ3n) is 2.83. The van der Waals surface area contributed by atoms with Gasteiger partial charge in [0, 0.05) is 5.69 Å². The van der Waals surface area contributed by atoms with Crippen molar-refractivity contribution in [1.29, 1.82) is 0 Å². The van der Waals surface area contributed by atoms with Crippen LogP contribution in [0.2, 0.25) is 0 Å². The van der Waals surface area contributed by atoms with Crippen LogP contribution in [0.4, 0.5) is 5.69 Å². The van der Waals surface area contributed by atoms with Crippen molar-refractivity contribution < 1.29 is 18.7 Å². The highest BCUT2D eigenvalue weighted by molar-refractivity contribution is 5.99. The largest absolute Gasteiger partial charge is 0.468 e. The standard InChI is InChI=1S/C15H16N2O4/c1-20-14(18)10-16-13-7-3-2-6-12(13)15(19)17-9-11-5-4-8-21-11/h2-8,16H,9-10H2,1H3,(H,17,19). The third-order valence-corrected chi connectivity index (χ3v) is 2.83. The molecule has 0 aliphatic heterocycles. The maximum atomic E-state index is 12.2. The monoisotopic (exact) mass is 288 g/mol. The Hall–Kier alpha value is -2.76. The second-order valence-corrected chi connectivity index (χ2v) is 4.24. The number of para-hydroxylation sites is 1. The average molecular weight is 288 g/mol. The Morgan fingerprint density at radius 1 is 1.19 bits per heavy atom. The van der Waals surface area contributed by atoms with Gasteiger partial charge in [0.25, 0.3) is 5.91 Å². The van der Waals surface area contributed by atoms with Crippen LogP contribution in [-0.2, 0) is 16.1 Å². The van der Waals surface area contributed by atoms with Gasteiger partial charge in [-0.15, -0.1) is 0 Å². The van der Waals surface area contributed by atoms with E-state index in [1.807, 2.05) is 0 Å². The van der Waals surface area contributed by atoms with E-state index in [9.17, 15) is 9.59 Å². The van der Waals surface area contributed by atoms with Crippen LogP contribution >= 0.6 is 0 Å². The molecule has 0 unspecified atom stereocenters. The molecular formula is C15H16N2O4. The number of carbonyl (C=O) groups is 2. The fourth-order valence-corrected chi connectivity index (χ4v) is 1.75. The van der Waals surface area contributed by atoms with E-state index in [-0.39, 0.29) is 12.5 Å². The second kappa shape index (κ2) is 7.14. The first-order chi connectivity index (χ1) is 10.2. The fraction of sp³-hybridized carbons (Fsp3) is 0.200. The lowest BCUT2D eigenvalue weighted by molar-refractivity contribution is -0.138. The lowest BCUT2D eigenvalue weighted by Gasteiger charge is -2.11. The molecule has 1 aromatic heterocycles. The van der Waals surface area contributed by atoms with Gasteiger partial charge in [-0.05, 0) is 24.3 Å². The summed E-state index contributed by atoms with van der Waals surface area (Å²) in [5.41, 5.74) is 1.02. The Kier molecular flexibility index (Phi) is 4.98. The topological polar surface area (TPSA) is 80.6 Å². The minimum atomic E-state index is -0.402. The van der Waals surface area contributed by atoms with E-state index < -0.39 is 5.97 Å². The summed E-state index contributed by atoms with van der Waals surface area (Å²) in [6.07, 6.45) is 1.55. The molecule has 1 amide bonds. The minimum absolute atomic E-state index is 0.00101. The zero-order chi connectivity index (χ0) is 15.1. The number of rotatable bonds is 6. The van der Waals surface area contributed by atoms with Crippen LogP contribution in [-0.4, -0.2) is 25.5 Å². The van der Waals surface area contributed by atoms with Gasteiger partial charge in [0.2, 0.25) is 0 Å².